The summed E-state index contributed by atoms with van der Waals surface area (Å²) in [7, 11) is 0. The molecule has 5 nitrogen and oxygen atoms in total. The molecule has 5 heteroatoms. The number of rotatable bonds is 8. The van der Waals surface area contributed by atoms with Gasteiger partial charge in [0.1, 0.15) is 6.61 Å². The van der Waals surface area contributed by atoms with E-state index in [1.807, 2.05) is 11.0 Å². The Hall–Kier alpha value is -3.15. The van der Waals surface area contributed by atoms with Gasteiger partial charge in [-0.05, 0) is 47.1 Å². The molecule has 182 valence electrons. The summed E-state index contributed by atoms with van der Waals surface area (Å²) < 4.78 is 5.97. The fraction of sp³-hybridized carbons (Fsp3) is 0.367. The number of ether oxygens (including phenoxy) is 1. The molecule has 1 N–H and O–H groups in total. The topological polar surface area (TPSA) is 53.0 Å². The van der Waals surface area contributed by atoms with Crippen molar-refractivity contribution in [3.05, 3.63) is 95.6 Å². The van der Waals surface area contributed by atoms with E-state index in [4.69, 9.17) is 4.74 Å². The molecule has 1 saturated heterocycles. The van der Waals surface area contributed by atoms with Gasteiger partial charge in [0.05, 0.1) is 0 Å². The number of amides is 1. The fourth-order valence-corrected chi connectivity index (χ4v) is 5.57. The van der Waals surface area contributed by atoms with Crippen LogP contribution >= 0.6 is 0 Å². The molecule has 1 heterocycles. The van der Waals surface area contributed by atoms with Gasteiger partial charge in [-0.25, -0.2) is 4.79 Å². The van der Waals surface area contributed by atoms with Crippen LogP contribution in [0.5, 0.6) is 0 Å². The van der Waals surface area contributed by atoms with Crippen LogP contribution in [0.2, 0.25) is 0 Å². The summed E-state index contributed by atoms with van der Waals surface area (Å²) in [5, 5.41) is 9.44. The van der Waals surface area contributed by atoms with Crippen molar-refractivity contribution in [2.24, 2.45) is 0 Å². The zero-order chi connectivity index (χ0) is 24.0. The van der Waals surface area contributed by atoms with Gasteiger partial charge in [0.25, 0.3) is 0 Å². The standard InChI is InChI=1S/C30H34N2O3/c33-20-8-17-32(24-15-18-31(19-16-24)21-23-9-2-1-3-10-23)30(34)35-22-29-27-13-6-4-11-25(27)26-12-5-7-14-28(26)29/h1-7,9-14,24,29,33H,8,15-22H2. The van der Waals surface area contributed by atoms with E-state index in [2.05, 4.69) is 77.7 Å². The van der Waals surface area contributed by atoms with Gasteiger partial charge < -0.3 is 14.7 Å². The van der Waals surface area contributed by atoms with Crippen LogP contribution in [-0.4, -0.2) is 59.9 Å². The number of hydrogen-bond acceptors (Lipinski definition) is 4. The molecule has 1 aliphatic carbocycles. The first-order chi connectivity index (χ1) is 17.2. The van der Waals surface area contributed by atoms with Crippen LogP contribution in [-0.2, 0) is 11.3 Å². The molecule has 0 atom stereocenters. The molecule has 3 aromatic rings. The van der Waals surface area contributed by atoms with E-state index in [0.29, 0.717) is 19.6 Å². The van der Waals surface area contributed by atoms with Crippen LogP contribution in [0.3, 0.4) is 0 Å². The maximum Gasteiger partial charge on any atom is 0.410 e. The summed E-state index contributed by atoms with van der Waals surface area (Å²) in [6.45, 7) is 3.76. The number of aliphatic hydroxyl groups is 1. The number of piperidine rings is 1. The lowest BCUT2D eigenvalue weighted by Crippen LogP contribution is -2.48. The van der Waals surface area contributed by atoms with Crippen molar-refractivity contribution in [2.45, 2.75) is 37.8 Å². The number of likely N-dealkylation sites (tertiary alicyclic amines) is 1. The van der Waals surface area contributed by atoms with Crippen LogP contribution < -0.4 is 0 Å². The molecule has 0 radical (unpaired) electrons. The zero-order valence-corrected chi connectivity index (χ0v) is 20.2. The Bertz CT molecular complexity index is 1080. The van der Waals surface area contributed by atoms with Crippen molar-refractivity contribution < 1.29 is 14.6 Å². The lowest BCUT2D eigenvalue weighted by Gasteiger charge is -2.38. The van der Waals surface area contributed by atoms with Gasteiger partial charge in [-0.15, -0.1) is 0 Å². The van der Waals surface area contributed by atoms with Crippen molar-refractivity contribution in [1.29, 1.82) is 0 Å². The highest BCUT2D eigenvalue weighted by molar-refractivity contribution is 5.79. The molecule has 0 bridgehead atoms. The van der Waals surface area contributed by atoms with E-state index in [0.717, 1.165) is 32.5 Å². The van der Waals surface area contributed by atoms with Crippen molar-refractivity contribution in [1.82, 2.24) is 9.80 Å². The Morgan fingerprint density at radius 1 is 0.886 bits per heavy atom. The average Bonchev–Trinajstić information content (AvgIpc) is 3.23. The number of hydrogen-bond donors (Lipinski definition) is 1. The van der Waals surface area contributed by atoms with E-state index in [-0.39, 0.29) is 24.7 Å². The minimum atomic E-state index is -0.262. The van der Waals surface area contributed by atoms with Crippen LogP contribution in [0.1, 0.15) is 41.9 Å². The van der Waals surface area contributed by atoms with Crippen LogP contribution in [0, 0.1) is 0 Å². The molecule has 2 aliphatic rings. The third-order valence-corrected chi connectivity index (χ3v) is 7.37. The quantitative estimate of drug-likeness (QED) is 0.486. The van der Waals surface area contributed by atoms with E-state index in [1.54, 1.807) is 0 Å². The molecule has 0 unspecified atom stereocenters. The molecular formula is C30H34N2O3. The molecular weight excluding hydrogens is 436 g/mol. The number of nitrogens with zero attached hydrogens (tertiary/aromatic N) is 2. The second-order valence-electron chi connectivity index (χ2n) is 9.57. The summed E-state index contributed by atoms with van der Waals surface area (Å²) in [6, 6.07) is 27.5. The first kappa shape index (κ1) is 23.6. The van der Waals surface area contributed by atoms with Crippen molar-refractivity contribution >= 4 is 6.09 Å². The summed E-state index contributed by atoms with van der Waals surface area (Å²) in [4.78, 5) is 17.6. The number of fused-ring (bicyclic) bond motifs is 3. The number of carbonyl (C=O) groups is 1. The predicted molar refractivity (Wildman–Crippen MR) is 138 cm³/mol. The monoisotopic (exact) mass is 470 g/mol. The molecule has 0 spiro atoms. The first-order valence-corrected chi connectivity index (χ1v) is 12.7. The number of carbonyl (C=O) groups excluding carboxylic acids is 1. The first-order valence-electron chi connectivity index (χ1n) is 12.7. The smallest absolute Gasteiger partial charge is 0.410 e. The largest absolute Gasteiger partial charge is 0.448 e. The normalized spacial score (nSPS) is 16.0. The summed E-state index contributed by atoms with van der Waals surface area (Å²) in [5.74, 6) is 0.0544. The van der Waals surface area contributed by atoms with Gasteiger partial charge in [-0.1, -0.05) is 78.9 Å². The summed E-state index contributed by atoms with van der Waals surface area (Å²) >= 11 is 0. The Morgan fingerprint density at radius 3 is 2.11 bits per heavy atom. The summed E-state index contributed by atoms with van der Waals surface area (Å²) in [6.07, 6.45) is 2.14. The lowest BCUT2D eigenvalue weighted by molar-refractivity contribution is 0.0593. The molecule has 0 aromatic heterocycles. The van der Waals surface area contributed by atoms with Crippen molar-refractivity contribution in [3.63, 3.8) is 0 Å². The zero-order valence-electron chi connectivity index (χ0n) is 20.2. The van der Waals surface area contributed by atoms with Gasteiger partial charge in [0.2, 0.25) is 0 Å². The van der Waals surface area contributed by atoms with E-state index < -0.39 is 0 Å². The third kappa shape index (κ3) is 5.26. The molecule has 35 heavy (non-hydrogen) atoms. The molecule has 5 rings (SSSR count). The minimum Gasteiger partial charge on any atom is -0.448 e. The Labute approximate surface area is 208 Å². The van der Waals surface area contributed by atoms with Gasteiger partial charge in [-0.2, -0.15) is 0 Å². The Balaban J connectivity index is 1.22. The highest BCUT2D eigenvalue weighted by Crippen LogP contribution is 2.44. The molecule has 1 aliphatic heterocycles. The van der Waals surface area contributed by atoms with E-state index in [9.17, 15) is 9.90 Å². The van der Waals surface area contributed by atoms with Crippen molar-refractivity contribution in [2.75, 3.05) is 32.8 Å². The van der Waals surface area contributed by atoms with Gasteiger partial charge in [0.15, 0.2) is 0 Å². The SMILES string of the molecule is O=C(OCC1c2ccccc2-c2ccccc21)N(CCCO)C1CCN(Cc2ccccc2)CC1. The van der Waals surface area contributed by atoms with Crippen molar-refractivity contribution in [3.8, 4) is 11.1 Å². The third-order valence-electron chi connectivity index (χ3n) is 7.37. The Kier molecular flexibility index (Phi) is 7.45. The molecule has 3 aromatic carbocycles. The number of aliphatic hydroxyl groups excluding tert-OH is 1. The maximum atomic E-state index is 13.3. The lowest BCUT2D eigenvalue weighted by atomic mass is 9.98. The van der Waals surface area contributed by atoms with E-state index >= 15 is 0 Å². The highest BCUT2D eigenvalue weighted by atomic mass is 16.6. The van der Waals surface area contributed by atoms with Crippen LogP contribution in [0.25, 0.3) is 11.1 Å². The van der Waals surface area contributed by atoms with Gasteiger partial charge in [0, 0.05) is 44.7 Å². The number of benzene rings is 3. The molecule has 1 amide bonds. The fourth-order valence-electron chi connectivity index (χ4n) is 5.57. The van der Waals surface area contributed by atoms with Gasteiger partial charge in [-0.3, -0.25) is 4.90 Å². The highest BCUT2D eigenvalue weighted by Gasteiger charge is 2.32. The van der Waals surface area contributed by atoms with Crippen LogP contribution in [0.4, 0.5) is 4.79 Å². The summed E-state index contributed by atoms with van der Waals surface area (Å²) in [5.41, 5.74) is 6.22. The second kappa shape index (κ2) is 11.1. The molecule has 1 fully saturated rings. The van der Waals surface area contributed by atoms with Gasteiger partial charge >= 0.3 is 6.09 Å². The molecule has 0 saturated carbocycles. The predicted octanol–water partition coefficient (Wildman–Crippen LogP) is 5.28. The minimum absolute atomic E-state index is 0.0544. The second-order valence-corrected chi connectivity index (χ2v) is 9.57. The van der Waals surface area contributed by atoms with Crippen LogP contribution in [0.15, 0.2) is 78.9 Å². The maximum absolute atomic E-state index is 13.3. The Morgan fingerprint density at radius 2 is 1.49 bits per heavy atom. The average molecular weight is 471 g/mol. The van der Waals surface area contributed by atoms with E-state index in [1.165, 1.54) is 27.8 Å².